The highest BCUT2D eigenvalue weighted by Gasteiger charge is 2.17. The number of anilines is 1. The summed E-state index contributed by atoms with van der Waals surface area (Å²) in [6.45, 7) is 0. The fourth-order valence-electron chi connectivity index (χ4n) is 2.36. The molecule has 0 heterocycles. The first-order valence-electron chi connectivity index (χ1n) is 7.71. The van der Waals surface area contributed by atoms with Crippen molar-refractivity contribution in [1.29, 1.82) is 0 Å². The van der Waals surface area contributed by atoms with Crippen LogP contribution in [0.4, 0.5) is 10.1 Å². The highest BCUT2D eigenvalue weighted by Crippen LogP contribution is 2.31. The van der Waals surface area contributed by atoms with Crippen molar-refractivity contribution < 1.29 is 23.8 Å². The van der Waals surface area contributed by atoms with Gasteiger partial charge in [-0.1, -0.05) is 36.4 Å². The molecule has 3 aromatic rings. The van der Waals surface area contributed by atoms with E-state index in [1.165, 1.54) is 30.3 Å². The molecule has 130 valence electrons. The minimum atomic E-state index is -1.20. The highest BCUT2D eigenvalue weighted by atomic mass is 19.1. The van der Waals surface area contributed by atoms with Crippen molar-refractivity contribution in [2.24, 2.45) is 0 Å². The molecule has 0 aliphatic carbocycles. The van der Waals surface area contributed by atoms with Gasteiger partial charge in [0, 0.05) is 0 Å². The van der Waals surface area contributed by atoms with Crippen LogP contribution >= 0.6 is 0 Å². The van der Waals surface area contributed by atoms with Gasteiger partial charge >= 0.3 is 5.97 Å². The molecule has 0 aliphatic heterocycles. The van der Waals surface area contributed by atoms with Crippen molar-refractivity contribution in [3.8, 4) is 11.5 Å². The van der Waals surface area contributed by atoms with E-state index in [-0.39, 0.29) is 22.6 Å². The van der Waals surface area contributed by atoms with Gasteiger partial charge < -0.3 is 15.2 Å². The van der Waals surface area contributed by atoms with Crippen molar-refractivity contribution in [3.05, 3.63) is 89.7 Å². The molecule has 0 bridgehead atoms. The second kappa shape index (κ2) is 7.48. The summed E-state index contributed by atoms with van der Waals surface area (Å²) in [5, 5.41) is 11.8. The second-order valence-corrected chi connectivity index (χ2v) is 5.33. The van der Waals surface area contributed by atoms with Gasteiger partial charge in [0.05, 0.1) is 16.8 Å². The average Bonchev–Trinajstić information content (AvgIpc) is 2.65. The van der Waals surface area contributed by atoms with Crippen LogP contribution in [-0.4, -0.2) is 17.0 Å². The molecule has 3 aromatic carbocycles. The lowest BCUT2D eigenvalue weighted by Gasteiger charge is -2.13. The van der Waals surface area contributed by atoms with Gasteiger partial charge in [-0.25, -0.2) is 9.18 Å². The predicted octanol–water partition coefficient (Wildman–Crippen LogP) is 4.57. The van der Waals surface area contributed by atoms with Crippen LogP contribution in [0.2, 0.25) is 0 Å². The number of benzene rings is 3. The summed E-state index contributed by atoms with van der Waals surface area (Å²) in [7, 11) is 0. The number of para-hydroxylation sites is 3. The van der Waals surface area contributed by atoms with E-state index in [1.54, 1.807) is 42.5 Å². The Morgan fingerprint density at radius 3 is 2.08 bits per heavy atom. The summed E-state index contributed by atoms with van der Waals surface area (Å²) in [5.74, 6) is -2.09. The molecule has 5 nitrogen and oxygen atoms in total. The third kappa shape index (κ3) is 3.70. The van der Waals surface area contributed by atoms with E-state index >= 15 is 0 Å². The first-order valence-corrected chi connectivity index (χ1v) is 7.71. The lowest BCUT2D eigenvalue weighted by atomic mass is 10.1. The molecular formula is C20H14FNO4. The van der Waals surface area contributed by atoms with E-state index in [0.717, 1.165) is 0 Å². The number of aromatic carboxylic acids is 1. The SMILES string of the molecule is O=C(O)c1ccccc1C(=O)Nc1ccccc1Oc1ccccc1F. The maximum absolute atomic E-state index is 13.8. The van der Waals surface area contributed by atoms with Crippen molar-refractivity contribution in [2.45, 2.75) is 0 Å². The number of hydrogen-bond acceptors (Lipinski definition) is 3. The second-order valence-electron chi connectivity index (χ2n) is 5.33. The third-order valence-corrected chi connectivity index (χ3v) is 3.59. The fraction of sp³-hybridized carbons (Fsp3) is 0. The Bertz CT molecular complexity index is 971. The maximum atomic E-state index is 13.8. The molecule has 1 amide bonds. The molecule has 6 heteroatoms. The zero-order valence-corrected chi connectivity index (χ0v) is 13.5. The molecule has 0 fully saturated rings. The zero-order chi connectivity index (χ0) is 18.5. The Morgan fingerprint density at radius 2 is 1.38 bits per heavy atom. The number of rotatable bonds is 5. The molecule has 0 unspecified atom stereocenters. The Morgan fingerprint density at radius 1 is 0.808 bits per heavy atom. The van der Waals surface area contributed by atoms with Gasteiger partial charge in [0.25, 0.3) is 5.91 Å². The highest BCUT2D eigenvalue weighted by molar-refractivity contribution is 6.11. The predicted molar refractivity (Wildman–Crippen MR) is 94.3 cm³/mol. The molecule has 26 heavy (non-hydrogen) atoms. The summed E-state index contributed by atoms with van der Waals surface area (Å²) in [6.07, 6.45) is 0. The van der Waals surface area contributed by atoms with Gasteiger partial charge in [-0.3, -0.25) is 4.79 Å². The number of carbonyl (C=O) groups excluding carboxylic acids is 1. The average molecular weight is 351 g/mol. The Balaban J connectivity index is 1.89. The van der Waals surface area contributed by atoms with Crippen molar-refractivity contribution in [3.63, 3.8) is 0 Å². The lowest BCUT2D eigenvalue weighted by molar-refractivity contribution is 0.0692. The first kappa shape index (κ1) is 17.2. The number of hydrogen-bond donors (Lipinski definition) is 2. The zero-order valence-electron chi connectivity index (χ0n) is 13.5. The van der Waals surface area contributed by atoms with Crippen LogP contribution in [0.25, 0.3) is 0 Å². The van der Waals surface area contributed by atoms with Crippen molar-refractivity contribution in [1.82, 2.24) is 0 Å². The fourth-order valence-corrected chi connectivity index (χ4v) is 2.36. The molecule has 0 spiro atoms. The molecule has 0 radical (unpaired) electrons. The summed E-state index contributed by atoms with van der Waals surface area (Å²) in [6, 6.07) is 18.3. The number of carboxylic acids is 1. The van der Waals surface area contributed by atoms with Gasteiger partial charge in [-0.15, -0.1) is 0 Å². The van der Waals surface area contributed by atoms with Crippen molar-refractivity contribution >= 4 is 17.6 Å². The largest absolute Gasteiger partial charge is 0.478 e. The number of amides is 1. The smallest absolute Gasteiger partial charge is 0.336 e. The lowest BCUT2D eigenvalue weighted by Crippen LogP contribution is -2.16. The Labute approximate surface area is 148 Å². The Kier molecular flexibility index (Phi) is 4.94. The summed E-state index contributed by atoms with van der Waals surface area (Å²) >= 11 is 0. The van der Waals surface area contributed by atoms with Crippen LogP contribution in [0.5, 0.6) is 11.5 Å². The van der Waals surface area contributed by atoms with E-state index in [4.69, 9.17) is 4.74 Å². The molecule has 0 aliphatic rings. The van der Waals surface area contributed by atoms with E-state index in [0.29, 0.717) is 5.69 Å². The number of carboxylic acid groups (broad SMARTS) is 1. The third-order valence-electron chi connectivity index (χ3n) is 3.59. The topological polar surface area (TPSA) is 75.6 Å². The van der Waals surface area contributed by atoms with Gasteiger partial charge in [0.1, 0.15) is 0 Å². The minimum Gasteiger partial charge on any atom is -0.478 e. The molecule has 0 saturated carbocycles. The van der Waals surface area contributed by atoms with Crippen LogP contribution in [0.3, 0.4) is 0 Å². The van der Waals surface area contributed by atoms with E-state index < -0.39 is 17.7 Å². The van der Waals surface area contributed by atoms with E-state index in [1.807, 2.05) is 0 Å². The number of ether oxygens (including phenoxy) is 1. The summed E-state index contributed by atoms with van der Waals surface area (Å²) in [5.41, 5.74) is 0.194. The van der Waals surface area contributed by atoms with Gasteiger partial charge in [-0.05, 0) is 36.4 Å². The molecule has 3 rings (SSSR count). The molecule has 0 atom stereocenters. The molecular weight excluding hydrogens is 337 g/mol. The minimum absolute atomic E-state index is 0.0140. The van der Waals surface area contributed by atoms with Crippen molar-refractivity contribution in [2.75, 3.05) is 5.32 Å². The van der Waals surface area contributed by atoms with E-state index in [9.17, 15) is 19.1 Å². The van der Waals surface area contributed by atoms with Gasteiger partial charge in [0.2, 0.25) is 0 Å². The van der Waals surface area contributed by atoms with Crippen LogP contribution < -0.4 is 10.1 Å². The van der Waals surface area contributed by atoms with Crippen LogP contribution in [-0.2, 0) is 0 Å². The summed E-state index contributed by atoms with van der Waals surface area (Å²) in [4.78, 5) is 23.8. The standard InChI is InChI=1S/C20H14FNO4/c21-15-9-3-5-11-17(15)26-18-12-6-4-10-16(18)22-19(23)13-7-1-2-8-14(13)20(24)25/h1-12H,(H,22,23)(H,24,25). The summed E-state index contributed by atoms with van der Waals surface area (Å²) < 4.78 is 19.3. The van der Waals surface area contributed by atoms with E-state index in [2.05, 4.69) is 5.32 Å². The molecule has 0 aromatic heterocycles. The van der Waals surface area contributed by atoms with Crippen LogP contribution in [0.1, 0.15) is 20.7 Å². The molecule has 0 saturated heterocycles. The quantitative estimate of drug-likeness (QED) is 0.706. The monoisotopic (exact) mass is 351 g/mol. The number of halogens is 1. The number of nitrogens with one attached hydrogen (secondary N) is 1. The van der Waals surface area contributed by atoms with Crippen LogP contribution in [0.15, 0.2) is 72.8 Å². The normalized spacial score (nSPS) is 10.2. The van der Waals surface area contributed by atoms with Gasteiger partial charge in [-0.2, -0.15) is 0 Å². The van der Waals surface area contributed by atoms with Gasteiger partial charge in [0.15, 0.2) is 17.3 Å². The Hall–Kier alpha value is -3.67. The molecule has 2 N–H and O–H groups in total. The number of carbonyl (C=O) groups is 2. The first-order chi connectivity index (χ1) is 12.6. The maximum Gasteiger partial charge on any atom is 0.336 e. The van der Waals surface area contributed by atoms with Crippen LogP contribution in [0, 0.1) is 5.82 Å².